The number of nitriles is 1. The molecule has 0 aliphatic heterocycles. The zero-order chi connectivity index (χ0) is 17.5. The van der Waals surface area contributed by atoms with Gasteiger partial charge in [0.15, 0.2) is 11.5 Å². The summed E-state index contributed by atoms with van der Waals surface area (Å²) in [5.74, 6) is 0.0591. The molecule has 1 amide bonds. The number of amides is 1. The van der Waals surface area contributed by atoms with Crippen LogP contribution < -0.4 is 15.2 Å². The zero-order valence-electron chi connectivity index (χ0n) is 13.0. The van der Waals surface area contributed by atoms with Gasteiger partial charge in [0.25, 0.3) is 5.91 Å². The van der Waals surface area contributed by atoms with Gasteiger partial charge in [0, 0.05) is 16.1 Å². The predicted molar refractivity (Wildman–Crippen MR) is 91.6 cm³/mol. The van der Waals surface area contributed by atoms with Crippen LogP contribution in [0.2, 0.25) is 5.02 Å². The highest BCUT2D eigenvalue weighted by molar-refractivity contribution is 6.31. The van der Waals surface area contributed by atoms with E-state index in [0.717, 1.165) is 5.56 Å². The lowest BCUT2D eigenvalue weighted by Crippen LogP contribution is -2.12. The number of carbonyl (C=O) groups is 1. The molecule has 0 spiro atoms. The van der Waals surface area contributed by atoms with E-state index in [-0.39, 0.29) is 12.2 Å². The van der Waals surface area contributed by atoms with E-state index in [1.54, 1.807) is 30.3 Å². The molecule has 6 heteroatoms. The van der Waals surface area contributed by atoms with E-state index < -0.39 is 5.91 Å². The molecule has 2 aromatic carbocycles. The predicted octanol–water partition coefficient (Wildman–Crippen LogP) is 3.32. The zero-order valence-corrected chi connectivity index (χ0v) is 13.7. The molecule has 0 aliphatic rings. The van der Waals surface area contributed by atoms with Gasteiger partial charge in [-0.1, -0.05) is 41.9 Å². The number of rotatable bonds is 6. The minimum Gasteiger partial charge on any atom is -0.493 e. The highest BCUT2D eigenvalue weighted by Crippen LogP contribution is 2.33. The Hall–Kier alpha value is -2.97. The second kappa shape index (κ2) is 8.04. The summed E-state index contributed by atoms with van der Waals surface area (Å²) in [6.07, 6.45) is 1.37. The van der Waals surface area contributed by atoms with Gasteiger partial charge in [0.2, 0.25) is 0 Å². The third-order valence-electron chi connectivity index (χ3n) is 3.24. The summed E-state index contributed by atoms with van der Waals surface area (Å²) in [5, 5.41) is 9.59. The third kappa shape index (κ3) is 4.06. The molecule has 0 aromatic heterocycles. The van der Waals surface area contributed by atoms with Crippen molar-refractivity contribution in [3.8, 4) is 17.6 Å². The summed E-state index contributed by atoms with van der Waals surface area (Å²) < 4.78 is 11.1. The Kier molecular flexibility index (Phi) is 5.83. The molecule has 24 heavy (non-hydrogen) atoms. The lowest BCUT2D eigenvalue weighted by atomic mass is 10.1. The van der Waals surface area contributed by atoms with Crippen molar-refractivity contribution in [1.29, 1.82) is 5.26 Å². The Balaban J connectivity index is 2.39. The van der Waals surface area contributed by atoms with Crippen LogP contribution in [0.15, 0.2) is 48.0 Å². The largest absolute Gasteiger partial charge is 0.493 e. The molecule has 122 valence electrons. The molecule has 0 aliphatic carbocycles. The molecule has 0 unspecified atom stereocenters. The Morgan fingerprint density at radius 3 is 2.67 bits per heavy atom. The Bertz CT molecular complexity index is 825. The lowest BCUT2D eigenvalue weighted by molar-refractivity contribution is -0.114. The summed E-state index contributed by atoms with van der Waals surface area (Å²) in [5.41, 5.74) is 6.32. The van der Waals surface area contributed by atoms with Gasteiger partial charge in [-0.3, -0.25) is 4.79 Å². The number of methoxy groups -OCH3 is 1. The third-order valence-corrected chi connectivity index (χ3v) is 3.61. The molecule has 5 nitrogen and oxygen atoms in total. The molecule has 0 saturated carbocycles. The molecular formula is C18H15ClN2O3. The van der Waals surface area contributed by atoms with E-state index in [2.05, 4.69) is 0 Å². The first-order valence-corrected chi connectivity index (χ1v) is 7.39. The van der Waals surface area contributed by atoms with Crippen LogP contribution in [0, 0.1) is 11.3 Å². The van der Waals surface area contributed by atoms with Crippen molar-refractivity contribution in [1.82, 2.24) is 0 Å². The minimum atomic E-state index is -0.808. The van der Waals surface area contributed by atoms with Crippen molar-refractivity contribution in [2.24, 2.45) is 5.73 Å². The smallest absolute Gasteiger partial charge is 0.259 e. The Labute approximate surface area is 144 Å². The normalized spacial score (nSPS) is 10.8. The molecule has 0 fully saturated rings. The second-order valence-electron chi connectivity index (χ2n) is 4.79. The molecule has 0 saturated heterocycles. The number of ether oxygens (including phenoxy) is 2. The van der Waals surface area contributed by atoms with E-state index in [4.69, 9.17) is 32.1 Å². The van der Waals surface area contributed by atoms with Gasteiger partial charge in [-0.15, -0.1) is 0 Å². The van der Waals surface area contributed by atoms with Crippen LogP contribution in [0.4, 0.5) is 0 Å². The van der Waals surface area contributed by atoms with E-state index in [1.165, 1.54) is 13.2 Å². The van der Waals surface area contributed by atoms with Crippen molar-refractivity contribution in [2.45, 2.75) is 6.61 Å². The maximum Gasteiger partial charge on any atom is 0.259 e. The van der Waals surface area contributed by atoms with Crippen LogP contribution in [0.25, 0.3) is 6.08 Å². The van der Waals surface area contributed by atoms with Crippen LogP contribution >= 0.6 is 11.6 Å². The van der Waals surface area contributed by atoms with Crippen LogP contribution in [0.3, 0.4) is 0 Å². The van der Waals surface area contributed by atoms with E-state index in [9.17, 15) is 4.79 Å². The highest BCUT2D eigenvalue weighted by Gasteiger charge is 2.13. The van der Waals surface area contributed by atoms with Crippen molar-refractivity contribution in [3.63, 3.8) is 0 Å². The number of nitrogens with two attached hydrogens (primary N) is 1. The van der Waals surface area contributed by atoms with Crippen LogP contribution in [-0.2, 0) is 11.4 Å². The fourth-order valence-corrected chi connectivity index (χ4v) is 2.23. The molecular weight excluding hydrogens is 328 g/mol. The highest BCUT2D eigenvalue weighted by atomic mass is 35.5. The maximum atomic E-state index is 11.3. The number of hydrogen-bond donors (Lipinski definition) is 1. The standard InChI is InChI=1S/C18H15ClN2O3/c1-23-16-8-4-6-12(9-14(10-20)18(21)22)17(16)24-11-13-5-2-3-7-15(13)19/h2-9H,11H2,1H3,(H2,21,22)/b14-9+. The topological polar surface area (TPSA) is 85.3 Å². The first-order valence-electron chi connectivity index (χ1n) is 7.01. The molecule has 2 aromatic rings. The summed E-state index contributed by atoms with van der Waals surface area (Å²) >= 11 is 6.12. The number of para-hydroxylation sites is 1. The number of benzene rings is 2. The van der Waals surface area contributed by atoms with Gasteiger partial charge in [-0.25, -0.2) is 0 Å². The summed E-state index contributed by atoms with van der Waals surface area (Å²) in [6.45, 7) is 0.208. The van der Waals surface area contributed by atoms with Crippen LogP contribution in [-0.4, -0.2) is 13.0 Å². The van der Waals surface area contributed by atoms with Crippen molar-refractivity contribution < 1.29 is 14.3 Å². The molecule has 0 bridgehead atoms. The van der Waals surface area contributed by atoms with Gasteiger partial charge >= 0.3 is 0 Å². The van der Waals surface area contributed by atoms with E-state index >= 15 is 0 Å². The van der Waals surface area contributed by atoms with E-state index in [0.29, 0.717) is 22.1 Å². The summed E-state index contributed by atoms with van der Waals surface area (Å²) in [6, 6.07) is 14.2. The van der Waals surface area contributed by atoms with Crippen molar-refractivity contribution in [3.05, 3.63) is 64.2 Å². The number of primary amides is 1. The number of hydrogen-bond acceptors (Lipinski definition) is 4. The number of halogens is 1. The fourth-order valence-electron chi connectivity index (χ4n) is 2.04. The van der Waals surface area contributed by atoms with Gasteiger partial charge in [-0.05, 0) is 18.2 Å². The Morgan fingerprint density at radius 2 is 2.04 bits per heavy atom. The average molecular weight is 343 g/mol. The van der Waals surface area contributed by atoms with Crippen molar-refractivity contribution >= 4 is 23.6 Å². The van der Waals surface area contributed by atoms with E-state index in [1.807, 2.05) is 18.2 Å². The second-order valence-corrected chi connectivity index (χ2v) is 5.20. The molecule has 0 radical (unpaired) electrons. The lowest BCUT2D eigenvalue weighted by Gasteiger charge is -2.14. The maximum absolute atomic E-state index is 11.3. The quantitative estimate of drug-likeness (QED) is 0.644. The van der Waals surface area contributed by atoms with Crippen LogP contribution in [0.5, 0.6) is 11.5 Å². The molecule has 2 N–H and O–H groups in total. The van der Waals surface area contributed by atoms with Gasteiger partial charge < -0.3 is 15.2 Å². The van der Waals surface area contributed by atoms with Gasteiger partial charge in [0.05, 0.1) is 7.11 Å². The monoisotopic (exact) mass is 342 g/mol. The first-order chi connectivity index (χ1) is 11.6. The number of carbonyl (C=O) groups excluding carboxylic acids is 1. The SMILES string of the molecule is COc1cccc(/C=C(\C#N)C(N)=O)c1OCc1ccccc1Cl. The molecule has 2 rings (SSSR count). The van der Waals surface area contributed by atoms with Gasteiger partial charge in [0.1, 0.15) is 18.2 Å². The summed E-state index contributed by atoms with van der Waals surface area (Å²) in [4.78, 5) is 11.3. The summed E-state index contributed by atoms with van der Waals surface area (Å²) in [7, 11) is 1.50. The minimum absolute atomic E-state index is 0.175. The average Bonchev–Trinajstić information content (AvgIpc) is 2.58. The van der Waals surface area contributed by atoms with Crippen molar-refractivity contribution in [2.75, 3.05) is 7.11 Å². The Morgan fingerprint density at radius 1 is 1.29 bits per heavy atom. The molecule has 0 heterocycles. The number of nitrogens with zero attached hydrogens (tertiary/aromatic N) is 1. The fraction of sp³-hybridized carbons (Fsp3) is 0.111. The van der Waals surface area contributed by atoms with Gasteiger partial charge in [-0.2, -0.15) is 5.26 Å². The molecule has 0 atom stereocenters. The van der Waals surface area contributed by atoms with Crippen LogP contribution in [0.1, 0.15) is 11.1 Å². The first kappa shape index (κ1) is 17.4.